The SMILES string of the molecule is CC(C)(C)OC(=O)N1C[C@@H](O)CC[C@@H](C(=O)O)C1. The lowest BCUT2D eigenvalue weighted by Crippen LogP contribution is -2.42. The lowest BCUT2D eigenvalue weighted by molar-refractivity contribution is -0.142. The van der Waals surface area contributed by atoms with Crippen LogP contribution in [0, 0.1) is 5.92 Å². The standard InChI is InChI=1S/C12H21NO5/c1-12(2,3)18-11(17)13-6-8(10(15)16)4-5-9(14)7-13/h8-9,14H,4-7H2,1-3H3,(H,15,16)/t8-,9+/m1/s1. The predicted octanol–water partition coefficient (Wildman–Crippen LogP) is 1.08. The molecule has 1 rings (SSSR count). The maximum absolute atomic E-state index is 11.9. The molecule has 1 saturated heterocycles. The van der Waals surface area contributed by atoms with E-state index in [1.54, 1.807) is 20.8 Å². The van der Waals surface area contributed by atoms with Crippen molar-refractivity contribution in [1.29, 1.82) is 0 Å². The van der Waals surface area contributed by atoms with Gasteiger partial charge in [0.1, 0.15) is 5.60 Å². The van der Waals surface area contributed by atoms with Crippen LogP contribution in [-0.2, 0) is 9.53 Å². The van der Waals surface area contributed by atoms with Gasteiger partial charge in [-0.2, -0.15) is 0 Å². The molecule has 1 aliphatic heterocycles. The molecule has 6 heteroatoms. The Labute approximate surface area is 107 Å². The molecular weight excluding hydrogens is 238 g/mol. The van der Waals surface area contributed by atoms with Gasteiger partial charge in [0.2, 0.25) is 0 Å². The van der Waals surface area contributed by atoms with E-state index in [-0.39, 0.29) is 13.1 Å². The van der Waals surface area contributed by atoms with Crippen molar-refractivity contribution in [3.63, 3.8) is 0 Å². The minimum Gasteiger partial charge on any atom is -0.481 e. The molecule has 1 heterocycles. The summed E-state index contributed by atoms with van der Waals surface area (Å²) in [6.07, 6.45) is -0.511. The summed E-state index contributed by atoms with van der Waals surface area (Å²) in [5, 5.41) is 18.7. The molecule has 0 bridgehead atoms. The van der Waals surface area contributed by atoms with E-state index in [1.807, 2.05) is 0 Å². The number of aliphatic hydroxyl groups excluding tert-OH is 1. The predicted molar refractivity (Wildman–Crippen MR) is 64.2 cm³/mol. The normalized spacial score (nSPS) is 25.4. The highest BCUT2D eigenvalue weighted by Gasteiger charge is 2.32. The Hall–Kier alpha value is -1.30. The van der Waals surface area contributed by atoms with Crippen molar-refractivity contribution < 1.29 is 24.5 Å². The maximum atomic E-state index is 11.9. The number of carboxylic acid groups (broad SMARTS) is 1. The summed E-state index contributed by atoms with van der Waals surface area (Å²) in [5.41, 5.74) is -0.632. The maximum Gasteiger partial charge on any atom is 0.410 e. The van der Waals surface area contributed by atoms with Gasteiger partial charge in [-0.3, -0.25) is 4.79 Å². The number of ether oxygens (including phenoxy) is 1. The summed E-state index contributed by atoms with van der Waals surface area (Å²) in [4.78, 5) is 24.2. The third-order valence-electron chi connectivity index (χ3n) is 2.72. The molecular formula is C12H21NO5. The summed E-state index contributed by atoms with van der Waals surface area (Å²) in [7, 11) is 0. The van der Waals surface area contributed by atoms with Crippen LogP contribution in [0.1, 0.15) is 33.6 Å². The second-order valence-corrected chi connectivity index (χ2v) is 5.65. The van der Waals surface area contributed by atoms with E-state index >= 15 is 0 Å². The summed E-state index contributed by atoms with van der Waals surface area (Å²) in [6, 6.07) is 0. The van der Waals surface area contributed by atoms with Gasteiger partial charge in [-0.25, -0.2) is 4.79 Å². The number of hydrogen-bond acceptors (Lipinski definition) is 4. The quantitative estimate of drug-likeness (QED) is 0.735. The van der Waals surface area contributed by atoms with E-state index in [2.05, 4.69) is 0 Å². The number of amides is 1. The minimum absolute atomic E-state index is 0.0846. The summed E-state index contributed by atoms with van der Waals surface area (Å²) < 4.78 is 5.19. The minimum atomic E-state index is -0.947. The van der Waals surface area contributed by atoms with Crippen LogP contribution >= 0.6 is 0 Å². The number of β-amino-alcohol motifs (C(OH)–C–C–N with tert-alkyl or cyclic N) is 1. The molecule has 2 N–H and O–H groups in total. The van der Waals surface area contributed by atoms with Crippen LogP contribution in [0.15, 0.2) is 0 Å². The molecule has 0 radical (unpaired) electrons. The number of carbonyl (C=O) groups excluding carboxylic acids is 1. The molecule has 0 spiro atoms. The highest BCUT2D eigenvalue weighted by Crippen LogP contribution is 2.19. The number of likely N-dealkylation sites (tertiary alicyclic amines) is 1. The molecule has 0 saturated carbocycles. The molecule has 1 aliphatic rings. The van der Waals surface area contributed by atoms with Gasteiger partial charge in [-0.1, -0.05) is 0 Å². The fraction of sp³-hybridized carbons (Fsp3) is 0.833. The lowest BCUT2D eigenvalue weighted by Gasteiger charge is -2.28. The largest absolute Gasteiger partial charge is 0.481 e. The van der Waals surface area contributed by atoms with Crippen molar-refractivity contribution in [2.24, 2.45) is 5.92 Å². The van der Waals surface area contributed by atoms with E-state index < -0.39 is 29.7 Å². The van der Waals surface area contributed by atoms with Crippen LogP contribution in [0.3, 0.4) is 0 Å². The van der Waals surface area contributed by atoms with E-state index in [0.29, 0.717) is 12.8 Å². The van der Waals surface area contributed by atoms with E-state index in [4.69, 9.17) is 9.84 Å². The smallest absolute Gasteiger partial charge is 0.410 e. The first-order valence-corrected chi connectivity index (χ1v) is 6.08. The van der Waals surface area contributed by atoms with Crippen molar-refractivity contribution in [2.45, 2.75) is 45.3 Å². The number of aliphatic carboxylic acids is 1. The van der Waals surface area contributed by atoms with Gasteiger partial charge in [-0.05, 0) is 33.6 Å². The van der Waals surface area contributed by atoms with Crippen molar-refractivity contribution in [1.82, 2.24) is 4.90 Å². The van der Waals surface area contributed by atoms with Crippen LogP contribution in [0.4, 0.5) is 4.79 Å². The first-order chi connectivity index (χ1) is 8.19. The highest BCUT2D eigenvalue weighted by molar-refractivity contribution is 5.73. The Morgan fingerprint density at radius 3 is 2.33 bits per heavy atom. The first kappa shape index (κ1) is 14.8. The number of hydrogen-bond donors (Lipinski definition) is 2. The highest BCUT2D eigenvalue weighted by atomic mass is 16.6. The van der Waals surface area contributed by atoms with Gasteiger partial charge in [0.15, 0.2) is 0 Å². The second-order valence-electron chi connectivity index (χ2n) is 5.65. The van der Waals surface area contributed by atoms with Gasteiger partial charge in [-0.15, -0.1) is 0 Å². The van der Waals surface area contributed by atoms with Crippen LogP contribution < -0.4 is 0 Å². The van der Waals surface area contributed by atoms with Gasteiger partial charge < -0.3 is 19.8 Å². The van der Waals surface area contributed by atoms with Gasteiger partial charge >= 0.3 is 12.1 Å². The average molecular weight is 259 g/mol. The first-order valence-electron chi connectivity index (χ1n) is 6.08. The zero-order valence-corrected chi connectivity index (χ0v) is 11.0. The number of carboxylic acids is 1. The van der Waals surface area contributed by atoms with Gasteiger partial charge in [0.05, 0.1) is 12.0 Å². The fourth-order valence-electron chi connectivity index (χ4n) is 1.85. The second kappa shape index (κ2) is 5.56. The molecule has 0 aromatic rings. The van der Waals surface area contributed by atoms with E-state index in [9.17, 15) is 14.7 Å². The van der Waals surface area contributed by atoms with Crippen molar-refractivity contribution in [3.05, 3.63) is 0 Å². The fourth-order valence-corrected chi connectivity index (χ4v) is 1.85. The lowest BCUT2D eigenvalue weighted by atomic mass is 10.0. The van der Waals surface area contributed by atoms with E-state index in [0.717, 1.165) is 0 Å². The molecule has 18 heavy (non-hydrogen) atoms. The Bertz CT molecular complexity index is 323. The van der Waals surface area contributed by atoms with E-state index in [1.165, 1.54) is 4.90 Å². The molecule has 0 unspecified atom stereocenters. The van der Waals surface area contributed by atoms with Crippen molar-refractivity contribution in [3.8, 4) is 0 Å². The molecule has 0 aliphatic carbocycles. The number of carbonyl (C=O) groups is 2. The van der Waals surface area contributed by atoms with Gasteiger partial charge in [0.25, 0.3) is 0 Å². The van der Waals surface area contributed by atoms with Crippen LogP contribution in [0.2, 0.25) is 0 Å². The molecule has 0 aromatic heterocycles. The van der Waals surface area contributed by atoms with Crippen LogP contribution in [0.25, 0.3) is 0 Å². The summed E-state index contributed by atoms with van der Waals surface area (Å²) >= 11 is 0. The van der Waals surface area contributed by atoms with Crippen LogP contribution in [-0.4, -0.2) is 52.0 Å². The molecule has 2 atom stereocenters. The molecule has 1 amide bonds. The zero-order valence-electron chi connectivity index (χ0n) is 11.0. The Balaban J connectivity index is 2.72. The average Bonchev–Trinajstić information content (AvgIpc) is 2.37. The molecule has 104 valence electrons. The third-order valence-corrected chi connectivity index (χ3v) is 2.72. The monoisotopic (exact) mass is 259 g/mol. The van der Waals surface area contributed by atoms with Crippen molar-refractivity contribution >= 4 is 12.1 Å². The Morgan fingerprint density at radius 1 is 1.22 bits per heavy atom. The topological polar surface area (TPSA) is 87.1 Å². The Morgan fingerprint density at radius 2 is 1.83 bits per heavy atom. The summed E-state index contributed by atoms with van der Waals surface area (Å²) in [6.45, 7) is 5.44. The van der Waals surface area contributed by atoms with Crippen molar-refractivity contribution in [2.75, 3.05) is 13.1 Å². The Kier molecular flexibility index (Phi) is 4.56. The number of nitrogens with zero attached hydrogens (tertiary/aromatic N) is 1. The zero-order chi connectivity index (χ0) is 13.9. The third kappa shape index (κ3) is 4.52. The molecule has 1 fully saturated rings. The summed E-state index contributed by atoms with van der Waals surface area (Å²) in [5.74, 6) is -1.59. The number of aliphatic hydroxyl groups is 1. The molecule has 0 aromatic carbocycles. The molecule has 6 nitrogen and oxygen atoms in total. The van der Waals surface area contributed by atoms with Gasteiger partial charge in [0, 0.05) is 13.1 Å². The van der Waals surface area contributed by atoms with Crippen LogP contribution in [0.5, 0.6) is 0 Å². The number of rotatable bonds is 1.